The minimum atomic E-state index is -0.463. The van der Waals surface area contributed by atoms with E-state index in [1.54, 1.807) is 6.92 Å². The van der Waals surface area contributed by atoms with Crippen LogP contribution in [-0.2, 0) is 19.1 Å². The monoisotopic (exact) mass is 298 g/mol. The van der Waals surface area contributed by atoms with Gasteiger partial charge < -0.3 is 9.47 Å². The molecule has 0 saturated heterocycles. The van der Waals surface area contributed by atoms with Crippen molar-refractivity contribution in [1.82, 2.24) is 0 Å². The molecule has 0 rings (SSSR count). The van der Waals surface area contributed by atoms with Gasteiger partial charge in [0, 0.05) is 11.1 Å². The van der Waals surface area contributed by atoms with Crippen LogP contribution in [0.5, 0.6) is 0 Å². The SMILES string of the molecule is CCCCCCCCCCC(C(=O)OC)=C(C)C(=O)OC. The molecule has 0 amide bonds. The third-order valence-electron chi connectivity index (χ3n) is 3.66. The fourth-order valence-corrected chi connectivity index (χ4v) is 2.28. The van der Waals surface area contributed by atoms with Gasteiger partial charge in [-0.1, -0.05) is 51.9 Å². The standard InChI is InChI=1S/C17H30O4/c1-5-6-7-8-9-10-11-12-13-15(17(19)21-4)14(2)16(18)20-3/h5-13H2,1-4H3. The summed E-state index contributed by atoms with van der Waals surface area (Å²) in [5, 5.41) is 0. The van der Waals surface area contributed by atoms with Crippen LogP contribution in [0.2, 0.25) is 0 Å². The Morgan fingerprint density at radius 2 is 1.24 bits per heavy atom. The number of hydrogen-bond acceptors (Lipinski definition) is 4. The minimum absolute atomic E-state index is 0.354. The van der Waals surface area contributed by atoms with E-state index in [0.717, 1.165) is 12.8 Å². The van der Waals surface area contributed by atoms with Gasteiger partial charge in [-0.25, -0.2) is 9.59 Å². The van der Waals surface area contributed by atoms with Crippen LogP contribution in [0.15, 0.2) is 11.1 Å². The average molecular weight is 298 g/mol. The second-order valence-corrected chi connectivity index (χ2v) is 5.31. The molecular weight excluding hydrogens is 268 g/mol. The molecular formula is C17H30O4. The molecule has 4 nitrogen and oxygen atoms in total. The molecule has 0 aromatic rings. The van der Waals surface area contributed by atoms with Crippen molar-refractivity contribution >= 4 is 11.9 Å². The second-order valence-electron chi connectivity index (χ2n) is 5.31. The van der Waals surface area contributed by atoms with Crippen molar-refractivity contribution in [3.63, 3.8) is 0 Å². The van der Waals surface area contributed by atoms with Crippen molar-refractivity contribution in [2.45, 2.75) is 71.6 Å². The Kier molecular flexibility index (Phi) is 11.6. The molecule has 0 radical (unpaired) electrons. The maximum atomic E-state index is 11.7. The first-order valence-electron chi connectivity index (χ1n) is 7.94. The van der Waals surface area contributed by atoms with E-state index in [4.69, 9.17) is 4.74 Å². The normalized spacial score (nSPS) is 11.8. The van der Waals surface area contributed by atoms with Gasteiger partial charge in [0.25, 0.3) is 0 Å². The molecule has 0 aromatic carbocycles. The van der Waals surface area contributed by atoms with Crippen molar-refractivity contribution in [3.05, 3.63) is 11.1 Å². The second kappa shape index (κ2) is 12.4. The fourth-order valence-electron chi connectivity index (χ4n) is 2.28. The van der Waals surface area contributed by atoms with Crippen molar-refractivity contribution in [3.8, 4) is 0 Å². The first-order chi connectivity index (χ1) is 10.1. The molecule has 0 spiro atoms. The number of methoxy groups -OCH3 is 2. The van der Waals surface area contributed by atoms with Crippen LogP contribution >= 0.6 is 0 Å². The van der Waals surface area contributed by atoms with E-state index >= 15 is 0 Å². The highest BCUT2D eigenvalue weighted by Gasteiger charge is 2.18. The van der Waals surface area contributed by atoms with E-state index < -0.39 is 11.9 Å². The van der Waals surface area contributed by atoms with Crippen LogP contribution in [0.3, 0.4) is 0 Å². The summed E-state index contributed by atoms with van der Waals surface area (Å²) in [4.78, 5) is 23.2. The van der Waals surface area contributed by atoms with Crippen molar-refractivity contribution in [2.75, 3.05) is 14.2 Å². The number of esters is 2. The van der Waals surface area contributed by atoms with Gasteiger partial charge in [-0.3, -0.25) is 0 Å². The van der Waals surface area contributed by atoms with Crippen LogP contribution in [0.4, 0.5) is 0 Å². The molecule has 0 aliphatic rings. The molecule has 4 heteroatoms. The molecule has 0 aromatic heterocycles. The summed E-state index contributed by atoms with van der Waals surface area (Å²) in [5.74, 6) is -0.893. The van der Waals surface area contributed by atoms with Gasteiger partial charge >= 0.3 is 11.9 Å². The van der Waals surface area contributed by atoms with Crippen LogP contribution in [0, 0.1) is 0 Å². The van der Waals surface area contributed by atoms with Gasteiger partial charge in [-0.2, -0.15) is 0 Å². The Morgan fingerprint density at radius 1 is 0.762 bits per heavy atom. The summed E-state index contributed by atoms with van der Waals surface area (Å²) in [6.07, 6.45) is 10.1. The topological polar surface area (TPSA) is 52.6 Å². The molecule has 0 fully saturated rings. The summed E-state index contributed by atoms with van der Waals surface area (Å²) < 4.78 is 9.41. The number of carbonyl (C=O) groups is 2. The zero-order valence-corrected chi connectivity index (χ0v) is 14.0. The smallest absolute Gasteiger partial charge is 0.334 e. The maximum absolute atomic E-state index is 11.7. The summed E-state index contributed by atoms with van der Waals surface area (Å²) in [6.45, 7) is 3.83. The molecule has 0 aliphatic heterocycles. The highest BCUT2D eigenvalue weighted by molar-refractivity contribution is 5.99. The predicted molar refractivity (Wildman–Crippen MR) is 84.0 cm³/mol. The third kappa shape index (κ3) is 8.53. The van der Waals surface area contributed by atoms with E-state index in [9.17, 15) is 9.59 Å². The summed E-state index contributed by atoms with van der Waals surface area (Å²) in [5.41, 5.74) is 0.794. The van der Waals surface area contributed by atoms with E-state index in [0.29, 0.717) is 17.6 Å². The molecule has 0 aliphatic carbocycles. The fraction of sp³-hybridized carbons (Fsp3) is 0.765. The predicted octanol–water partition coefficient (Wildman–Crippen LogP) is 4.18. The minimum Gasteiger partial charge on any atom is -0.466 e. The molecule has 0 saturated carbocycles. The molecule has 122 valence electrons. The Balaban J connectivity index is 4.16. The lowest BCUT2D eigenvalue weighted by Gasteiger charge is -2.09. The first-order valence-corrected chi connectivity index (χ1v) is 7.94. The quantitative estimate of drug-likeness (QED) is 0.326. The van der Waals surface area contributed by atoms with E-state index in [2.05, 4.69) is 11.7 Å². The Morgan fingerprint density at radius 3 is 1.71 bits per heavy atom. The highest BCUT2D eigenvalue weighted by Crippen LogP contribution is 2.17. The van der Waals surface area contributed by atoms with E-state index in [-0.39, 0.29) is 0 Å². The number of hydrogen-bond donors (Lipinski definition) is 0. The Hall–Kier alpha value is -1.32. The maximum Gasteiger partial charge on any atom is 0.334 e. The van der Waals surface area contributed by atoms with E-state index in [1.165, 1.54) is 52.7 Å². The number of ether oxygens (including phenoxy) is 2. The van der Waals surface area contributed by atoms with Crippen LogP contribution in [0.1, 0.15) is 71.6 Å². The molecule has 0 bridgehead atoms. The summed E-state index contributed by atoms with van der Waals surface area (Å²) >= 11 is 0. The number of unbranched alkanes of at least 4 members (excludes halogenated alkanes) is 7. The zero-order valence-electron chi connectivity index (χ0n) is 14.0. The van der Waals surface area contributed by atoms with Gasteiger partial charge in [0.05, 0.1) is 14.2 Å². The van der Waals surface area contributed by atoms with Gasteiger partial charge in [0.2, 0.25) is 0 Å². The summed E-state index contributed by atoms with van der Waals surface area (Å²) in [6, 6.07) is 0. The van der Waals surface area contributed by atoms with Crippen molar-refractivity contribution < 1.29 is 19.1 Å². The Bertz CT molecular complexity index is 345. The number of rotatable bonds is 11. The van der Waals surface area contributed by atoms with Gasteiger partial charge in [0.1, 0.15) is 0 Å². The lowest BCUT2D eigenvalue weighted by Crippen LogP contribution is -2.13. The molecule has 21 heavy (non-hydrogen) atoms. The number of carbonyl (C=O) groups excluding carboxylic acids is 2. The van der Waals surface area contributed by atoms with Crippen LogP contribution in [0.25, 0.3) is 0 Å². The van der Waals surface area contributed by atoms with Gasteiger partial charge in [-0.05, 0) is 19.8 Å². The molecule has 0 heterocycles. The third-order valence-corrected chi connectivity index (χ3v) is 3.66. The van der Waals surface area contributed by atoms with Crippen molar-refractivity contribution in [2.24, 2.45) is 0 Å². The molecule has 0 N–H and O–H groups in total. The zero-order chi connectivity index (χ0) is 16.1. The average Bonchev–Trinajstić information content (AvgIpc) is 2.51. The first kappa shape index (κ1) is 19.7. The largest absolute Gasteiger partial charge is 0.466 e. The van der Waals surface area contributed by atoms with Crippen molar-refractivity contribution in [1.29, 1.82) is 0 Å². The lowest BCUT2D eigenvalue weighted by atomic mass is 10.0. The van der Waals surface area contributed by atoms with Gasteiger partial charge in [0.15, 0.2) is 0 Å². The summed E-state index contributed by atoms with van der Waals surface area (Å²) in [7, 11) is 2.65. The van der Waals surface area contributed by atoms with Crippen LogP contribution in [-0.4, -0.2) is 26.2 Å². The van der Waals surface area contributed by atoms with Crippen LogP contribution < -0.4 is 0 Å². The van der Waals surface area contributed by atoms with Gasteiger partial charge in [-0.15, -0.1) is 0 Å². The van der Waals surface area contributed by atoms with E-state index in [1.807, 2.05) is 0 Å². The Labute approximate surface area is 128 Å². The molecule has 0 unspecified atom stereocenters. The highest BCUT2D eigenvalue weighted by atomic mass is 16.5. The lowest BCUT2D eigenvalue weighted by molar-refractivity contribution is -0.139. The molecule has 0 atom stereocenters.